The Hall–Kier alpha value is -3.26. The first-order valence-electron chi connectivity index (χ1n) is 8.10. The molecule has 0 saturated carbocycles. The molecule has 5 aromatic carbocycles. The van der Waals surface area contributed by atoms with Gasteiger partial charge in [0, 0.05) is 16.2 Å². The van der Waals surface area contributed by atoms with Crippen LogP contribution in [0.5, 0.6) is 0 Å². The minimum absolute atomic E-state index is 1.01. The van der Waals surface area contributed by atoms with Gasteiger partial charge in [-0.05, 0) is 45.1 Å². The van der Waals surface area contributed by atoms with E-state index >= 15 is 0 Å². The minimum Gasteiger partial charge on any atom is -0.236 e. The predicted octanol–water partition coefficient (Wildman–Crippen LogP) is 5.68. The number of hydrogen-bond donors (Lipinski definition) is 0. The van der Waals surface area contributed by atoms with Crippen molar-refractivity contribution in [2.24, 2.45) is 0 Å². The molecular formula is C22H12N2. The average molecular weight is 304 g/mol. The maximum absolute atomic E-state index is 4.66. The number of hydrogen-bond acceptors (Lipinski definition) is 2. The summed E-state index contributed by atoms with van der Waals surface area (Å²) in [5, 5.41) is 9.94. The molecule has 24 heavy (non-hydrogen) atoms. The second-order valence-corrected chi connectivity index (χ2v) is 6.33. The van der Waals surface area contributed by atoms with Crippen LogP contribution in [0.25, 0.3) is 54.1 Å². The number of benzene rings is 5. The van der Waals surface area contributed by atoms with Gasteiger partial charge in [-0.1, -0.05) is 48.5 Å². The van der Waals surface area contributed by atoms with Gasteiger partial charge in [0.1, 0.15) is 6.33 Å². The van der Waals surface area contributed by atoms with Gasteiger partial charge in [-0.3, -0.25) is 0 Å². The SMILES string of the molecule is c1ccc2cc3c(cc2c1)c1cccc2ccc4ncnc3c4c21. The van der Waals surface area contributed by atoms with Gasteiger partial charge >= 0.3 is 0 Å². The van der Waals surface area contributed by atoms with E-state index in [4.69, 9.17) is 0 Å². The van der Waals surface area contributed by atoms with Crippen molar-refractivity contribution in [3.05, 3.63) is 73.1 Å². The fraction of sp³-hybridized carbons (Fsp3) is 0. The van der Waals surface area contributed by atoms with E-state index in [1.54, 1.807) is 6.33 Å². The molecule has 0 aliphatic heterocycles. The van der Waals surface area contributed by atoms with Gasteiger partial charge in [0.05, 0.1) is 11.0 Å². The molecule has 0 N–H and O–H groups in total. The van der Waals surface area contributed by atoms with Crippen LogP contribution >= 0.6 is 0 Å². The van der Waals surface area contributed by atoms with Crippen LogP contribution in [0.15, 0.2) is 73.1 Å². The summed E-state index contributed by atoms with van der Waals surface area (Å²) in [6.45, 7) is 0. The topological polar surface area (TPSA) is 25.8 Å². The van der Waals surface area contributed by atoms with Gasteiger partial charge in [0.2, 0.25) is 0 Å². The molecule has 6 aromatic rings. The molecule has 0 bridgehead atoms. The maximum Gasteiger partial charge on any atom is 0.116 e. The van der Waals surface area contributed by atoms with Gasteiger partial charge in [-0.2, -0.15) is 0 Å². The second-order valence-electron chi connectivity index (χ2n) is 6.33. The normalized spacial score (nSPS) is 12.2. The summed E-state index contributed by atoms with van der Waals surface area (Å²) in [5.41, 5.74) is 2.06. The third-order valence-electron chi connectivity index (χ3n) is 5.08. The van der Waals surface area contributed by atoms with E-state index in [1.807, 2.05) is 0 Å². The highest BCUT2D eigenvalue weighted by atomic mass is 14.8. The largest absolute Gasteiger partial charge is 0.236 e. The molecule has 110 valence electrons. The molecule has 6 rings (SSSR count). The Morgan fingerprint density at radius 2 is 1.33 bits per heavy atom. The molecule has 0 fully saturated rings. The average Bonchev–Trinajstić information content (AvgIpc) is 2.65. The monoisotopic (exact) mass is 304 g/mol. The van der Waals surface area contributed by atoms with E-state index in [0.717, 1.165) is 11.0 Å². The zero-order valence-electron chi connectivity index (χ0n) is 12.8. The molecule has 0 radical (unpaired) electrons. The first-order chi connectivity index (χ1) is 11.9. The molecule has 0 aliphatic rings. The standard InChI is InChI=1S/C22H12N2/c1-2-5-15-11-18-17(10-14(15)4-1)16-7-3-6-13-8-9-19-21(20(13)16)22(18)24-12-23-19/h1-12H. The Bertz CT molecular complexity index is 1290. The summed E-state index contributed by atoms with van der Waals surface area (Å²) in [4.78, 5) is 9.15. The van der Waals surface area contributed by atoms with Crippen molar-refractivity contribution in [1.82, 2.24) is 9.97 Å². The molecule has 0 spiro atoms. The van der Waals surface area contributed by atoms with Crippen LogP contribution in [0.1, 0.15) is 0 Å². The Morgan fingerprint density at radius 1 is 0.542 bits per heavy atom. The Kier molecular flexibility index (Phi) is 2.12. The van der Waals surface area contributed by atoms with Crippen molar-refractivity contribution in [3.63, 3.8) is 0 Å². The van der Waals surface area contributed by atoms with Crippen LogP contribution < -0.4 is 0 Å². The highest BCUT2D eigenvalue weighted by molar-refractivity contribution is 6.33. The van der Waals surface area contributed by atoms with Crippen LogP contribution in [0, 0.1) is 0 Å². The van der Waals surface area contributed by atoms with Crippen LogP contribution in [-0.2, 0) is 0 Å². The van der Waals surface area contributed by atoms with Gasteiger partial charge in [0.15, 0.2) is 0 Å². The zero-order chi connectivity index (χ0) is 15.7. The van der Waals surface area contributed by atoms with Crippen LogP contribution in [0.4, 0.5) is 0 Å². The van der Waals surface area contributed by atoms with Crippen molar-refractivity contribution in [3.8, 4) is 0 Å². The van der Waals surface area contributed by atoms with Crippen molar-refractivity contribution < 1.29 is 0 Å². The van der Waals surface area contributed by atoms with E-state index < -0.39 is 0 Å². The van der Waals surface area contributed by atoms with Gasteiger partial charge in [-0.15, -0.1) is 0 Å². The number of fused-ring (bicyclic) bond motifs is 4. The second kappa shape index (κ2) is 4.18. The van der Waals surface area contributed by atoms with Crippen molar-refractivity contribution in [1.29, 1.82) is 0 Å². The molecular weight excluding hydrogens is 292 g/mol. The van der Waals surface area contributed by atoms with Crippen LogP contribution in [0.2, 0.25) is 0 Å². The lowest BCUT2D eigenvalue weighted by Gasteiger charge is -2.13. The van der Waals surface area contributed by atoms with Crippen LogP contribution in [0.3, 0.4) is 0 Å². The van der Waals surface area contributed by atoms with E-state index in [9.17, 15) is 0 Å². The summed E-state index contributed by atoms with van der Waals surface area (Å²) in [5.74, 6) is 0. The summed E-state index contributed by atoms with van der Waals surface area (Å²) >= 11 is 0. The molecule has 1 aromatic heterocycles. The maximum atomic E-state index is 4.66. The third kappa shape index (κ3) is 1.41. The predicted molar refractivity (Wildman–Crippen MR) is 101 cm³/mol. The van der Waals surface area contributed by atoms with Gasteiger partial charge < -0.3 is 0 Å². The Labute approximate surface area is 137 Å². The summed E-state index contributed by atoms with van der Waals surface area (Å²) in [6, 6.07) is 23.8. The summed E-state index contributed by atoms with van der Waals surface area (Å²) in [7, 11) is 0. The lowest BCUT2D eigenvalue weighted by molar-refractivity contribution is 1.27. The molecule has 2 nitrogen and oxygen atoms in total. The Morgan fingerprint density at radius 3 is 2.21 bits per heavy atom. The first kappa shape index (κ1) is 12.2. The molecule has 0 amide bonds. The third-order valence-corrected chi connectivity index (χ3v) is 5.08. The van der Waals surface area contributed by atoms with Crippen molar-refractivity contribution in [2.45, 2.75) is 0 Å². The quantitative estimate of drug-likeness (QED) is 0.266. The van der Waals surface area contributed by atoms with Gasteiger partial charge in [-0.25, -0.2) is 9.97 Å². The van der Waals surface area contributed by atoms with Crippen molar-refractivity contribution >= 4 is 54.1 Å². The smallest absolute Gasteiger partial charge is 0.116 e. The lowest BCUT2D eigenvalue weighted by Crippen LogP contribution is -1.91. The minimum atomic E-state index is 1.01. The molecule has 0 atom stereocenters. The number of aromatic nitrogens is 2. The highest BCUT2D eigenvalue weighted by Gasteiger charge is 2.14. The molecule has 0 unspecified atom stereocenters. The molecule has 2 heteroatoms. The van der Waals surface area contributed by atoms with E-state index in [-0.39, 0.29) is 0 Å². The molecule has 0 aliphatic carbocycles. The first-order valence-corrected chi connectivity index (χ1v) is 8.10. The molecule has 0 saturated heterocycles. The van der Waals surface area contributed by atoms with E-state index in [0.29, 0.717) is 0 Å². The number of nitrogens with zero attached hydrogens (tertiary/aromatic N) is 2. The summed E-state index contributed by atoms with van der Waals surface area (Å²) in [6.07, 6.45) is 1.68. The van der Waals surface area contributed by atoms with Gasteiger partial charge in [0.25, 0.3) is 0 Å². The Balaban J connectivity index is 2.06. The van der Waals surface area contributed by atoms with Crippen molar-refractivity contribution in [2.75, 3.05) is 0 Å². The fourth-order valence-electron chi connectivity index (χ4n) is 4.02. The fourth-order valence-corrected chi connectivity index (χ4v) is 4.02. The summed E-state index contributed by atoms with van der Waals surface area (Å²) < 4.78 is 0. The van der Waals surface area contributed by atoms with E-state index in [1.165, 1.54) is 43.1 Å². The van der Waals surface area contributed by atoms with Crippen LogP contribution in [-0.4, -0.2) is 9.97 Å². The molecule has 1 heterocycles. The number of rotatable bonds is 0. The highest BCUT2D eigenvalue weighted by Crippen LogP contribution is 2.40. The zero-order valence-corrected chi connectivity index (χ0v) is 12.8. The van der Waals surface area contributed by atoms with E-state index in [2.05, 4.69) is 76.7 Å². The lowest BCUT2D eigenvalue weighted by atomic mass is 9.92.